The molecule has 0 fully saturated rings. The Kier molecular flexibility index (Phi) is 3.80. The van der Waals surface area contributed by atoms with Gasteiger partial charge in [0.25, 0.3) is 0 Å². The molecule has 0 saturated heterocycles. The summed E-state index contributed by atoms with van der Waals surface area (Å²) in [6.45, 7) is 4.12. The number of benzene rings is 2. The second-order valence-electron chi connectivity index (χ2n) is 5.27. The lowest BCUT2D eigenvalue weighted by Gasteiger charge is -2.18. The van der Waals surface area contributed by atoms with Gasteiger partial charge in [0.2, 0.25) is 0 Å². The van der Waals surface area contributed by atoms with Crippen molar-refractivity contribution in [1.29, 1.82) is 0 Å². The number of hydrogen-bond acceptors (Lipinski definition) is 2. The lowest BCUT2D eigenvalue weighted by Crippen LogP contribution is -2.07. The van der Waals surface area contributed by atoms with Gasteiger partial charge in [-0.05, 0) is 41.8 Å². The number of nitrogens with zero attached hydrogens (tertiary/aromatic N) is 1. The average molecular weight is 297 g/mol. The molecule has 0 aliphatic rings. The van der Waals surface area contributed by atoms with Crippen LogP contribution in [0.3, 0.4) is 0 Å². The fourth-order valence-corrected chi connectivity index (χ4v) is 2.70. The van der Waals surface area contributed by atoms with Crippen molar-refractivity contribution in [1.82, 2.24) is 4.98 Å². The van der Waals surface area contributed by atoms with Crippen molar-refractivity contribution in [3.05, 3.63) is 71.0 Å². The zero-order chi connectivity index (χ0) is 14.8. The molecule has 0 saturated carbocycles. The minimum Gasteiger partial charge on any atom is -0.377 e. The van der Waals surface area contributed by atoms with Crippen LogP contribution in [0.4, 0.5) is 5.69 Å². The highest BCUT2D eigenvalue weighted by Gasteiger charge is 2.09. The summed E-state index contributed by atoms with van der Waals surface area (Å²) >= 11 is 5.97. The number of halogens is 1. The predicted molar refractivity (Wildman–Crippen MR) is 90.0 cm³/mol. The Bertz CT molecular complexity index is 778. The molecule has 0 radical (unpaired) electrons. The Morgan fingerprint density at radius 1 is 1.10 bits per heavy atom. The van der Waals surface area contributed by atoms with E-state index in [9.17, 15) is 0 Å². The van der Waals surface area contributed by atoms with Crippen molar-refractivity contribution in [3.8, 4) is 0 Å². The molecule has 0 bridgehead atoms. The van der Waals surface area contributed by atoms with Crippen molar-refractivity contribution >= 4 is 28.1 Å². The molecule has 0 spiro atoms. The monoisotopic (exact) mass is 296 g/mol. The first kappa shape index (κ1) is 13.9. The number of pyridine rings is 1. The van der Waals surface area contributed by atoms with Crippen LogP contribution in [0.2, 0.25) is 5.15 Å². The van der Waals surface area contributed by atoms with Crippen LogP contribution in [0, 0.1) is 6.92 Å². The lowest BCUT2D eigenvalue weighted by molar-refractivity contribution is 0.892. The molecule has 0 amide bonds. The van der Waals surface area contributed by atoms with E-state index in [0.29, 0.717) is 5.15 Å². The van der Waals surface area contributed by atoms with Crippen molar-refractivity contribution < 1.29 is 0 Å². The summed E-state index contributed by atoms with van der Waals surface area (Å²) in [7, 11) is 0. The zero-order valence-electron chi connectivity index (χ0n) is 12.1. The second kappa shape index (κ2) is 5.74. The third-order valence-corrected chi connectivity index (χ3v) is 4.08. The van der Waals surface area contributed by atoms with E-state index < -0.39 is 0 Å². The maximum absolute atomic E-state index is 5.97. The van der Waals surface area contributed by atoms with Gasteiger partial charge < -0.3 is 5.32 Å². The summed E-state index contributed by atoms with van der Waals surface area (Å²) in [6.07, 6.45) is 1.77. The summed E-state index contributed by atoms with van der Waals surface area (Å²) in [5.74, 6) is 0. The van der Waals surface area contributed by atoms with Crippen molar-refractivity contribution in [3.63, 3.8) is 0 Å². The molecule has 1 aromatic heterocycles. The van der Waals surface area contributed by atoms with Gasteiger partial charge in [-0.1, -0.05) is 54.1 Å². The third-order valence-electron chi connectivity index (χ3n) is 3.69. The minimum atomic E-state index is 0.193. The van der Waals surface area contributed by atoms with E-state index in [0.717, 1.165) is 11.3 Å². The van der Waals surface area contributed by atoms with Crippen LogP contribution in [0.5, 0.6) is 0 Å². The van der Waals surface area contributed by atoms with Crippen LogP contribution in [-0.2, 0) is 0 Å². The molecule has 1 heterocycles. The van der Waals surface area contributed by atoms with Crippen molar-refractivity contribution in [2.75, 3.05) is 5.32 Å². The van der Waals surface area contributed by atoms with Crippen molar-refractivity contribution in [2.24, 2.45) is 0 Å². The topological polar surface area (TPSA) is 24.9 Å². The molecular formula is C18H17ClN2. The SMILES string of the molecule is Cc1cc(NC(C)c2cccc3ccccc23)cnc1Cl. The maximum atomic E-state index is 5.97. The quantitative estimate of drug-likeness (QED) is 0.657. The molecule has 1 atom stereocenters. The molecule has 3 rings (SSSR count). The molecule has 0 aliphatic heterocycles. The van der Waals surface area contributed by atoms with Gasteiger partial charge in [-0.3, -0.25) is 0 Å². The average Bonchev–Trinajstić information content (AvgIpc) is 2.50. The summed E-state index contributed by atoms with van der Waals surface area (Å²) < 4.78 is 0. The van der Waals surface area contributed by atoms with Gasteiger partial charge in [-0.15, -0.1) is 0 Å². The Morgan fingerprint density at radius 2 is 1.86 bits per heavy atom. The molecule has 2 aromatic carbocycles. The van der Waals surface area contributed by atoms with E-state index in [1.807, 2.05) is 13.0 Å². The van der Waals surface area contributed by atoms with Gasteiger partial charge in [0.1, 0.15) is 5.15 Å². The van der Waals surface area contributed by atoms with E-state index in [1.54, 1.807) is 6.20 Å². The van der Waals surface area contributed by atoms with E-state index in [1.165, 1.54) is 16.3 Å². The zero-order valence-corrected chi connectivity index (χ0v) is 12.9. The van der Waals surface area contributed by atoms with Crippen LogP contribution in [-0.4, -0.2) is 4.98 Å². The van der Waals surface area contributed by atoms with Gasteiger partial charge >= 0.3 is 0 Å². The highest BCUT2D eigenvalue weighted by molar-refractivity contribution is 6.30. The summed E-state index contributed by atoms with van der Waals surface area (Å²) in [5, 5.41) is 6.59. The number of aromatic nitrogens is 1. The molecular weight excluding hydrogens is 280 g/mol. The highest BCUT2D eigenvalue weighted by Crippen LogP contribution is 2.27. The van der Waals surface area contributed by atoms with E-state index in [2.05, 4.69) is 59.7 Å². The smallest absolute Gasteiger partial charge is 0.132 e. The normalized spacial score (nSPS) is 12.3. The van der Waals surface area contributed by atoms with Crippen LogP contribution in [0.25, 0.3) is 10.8 Å². The number of anilines is 1. The molecule has 2 nitrogen and oxygen atoms in total. The second-order valence-corrected chi connectivity index (χ2v) is 5.62. The fourth-order valence-electron chi connectivity index (χ4n) is 2.59. The first-order valence-electron chi connectivity index (χ1n) is 7.01. The predicted octanol–water partition coefficient (Wildman–Crippen LogP) is 5.37. The number of aryl methyl sites for hydroxylation is 1. The minimum absolute atomic E-state index is 0.193. The van der Waals surface area contributed by atoms with Crippen LogP contribution < -0.4 is 5.32 Å². The lowest BCUT2D eigenvalue weighted by atomic mass is 9.99. The molecule has 21 heavy (non-hydrogen) atoms. The maximum Gasteiger partial charge on any atom is 0.132 e. The van der Waals surface area contributed by atoms with E-state index in [4.69, 9.17) is 11.6 Å². The van der Waals surface area contributed by atoms with Gasteiger partial charge in [-0.2, -0.15) is 0 Å². The number of fused-ring (bicyclic) bond motifs is 1. The standard InChI is InChI=1S/C18H17ClN2/c1-12-10-15(11-20-18(12)19)21-13(2)16-9-5-7-14-6-3-4-8-17(14)16/h3-11,13,21H,1-2H3. The molecule has 1 unspecified atom stereocenters. The van der Waals surface area contributed by atoms with E-state index >= 15 is 0 Å². The summed E-state index contributed by atoms with van der Waals surface area (Å²) in [6, 6.07) is 17.1. The number of rotatable bonds is 3. The van der Waals surface area contributed by atoms with Gasteiger partial charge in [-0.25, -0.2) is 4.98 Å². The summed E-state index contributed by atoms with van der Waals surface area (Å²) in [5.41, 5.74) is 3.24. The van der Waals surface area contributed by atoms with Gasteiger partial charge in [0, 0.05) is 6.04 Å². The molecule has 106 valence electrons. The summed E-state index contributed by atoms with van der Waals surface area (Å²) in [4.78, 5) is 4.19. The van der Waals surface area contributed by atoms with Gasteiger partial charge in [0.05, 0.1) is 11.9 Å². The highest BCUT2D eigenvalue weighted by atomic mass is 35.5. The van der Waals surface area contributed by atoms with Crippen LogP contribution >= 0.6 is 11.6 Å². The Morgan fingerprint density at radius 3 is 2.67 bits per heavy atom. The van der Waals surface area contributed by atoms with Crippen LogP contribution in [0.1, 0.15) is 24.1 Å². The Hall–Kier alpha value is -2.06. The van der Waals surface area contributed by atoms with Gasteiger partial charge in [0.15, 0.2) is 0 Å². The Balaban J connectivity index is 1.93. The van der Waals surface area contributed by atoms with Crippen molar-refractivity contribution in [2.45, 2.75) is 19.9 Å². The number of hydrogen-bond donors (Lipinski definition) is 1. The number of nitrogens with one attached hydrogen (secondary N) is 1. The Labute approximate surface area is 129 Å². The fraction of sp³-hybridized carbons (Fsp3) is 0.167. The van der Waals surface area contributed by atoms with E-state index in [-0.39, 0.29) is 6.04 Å². The third kappa shape index (κ3) is 2.86. The first-order chi connectivity index (χ1) is 10.1. The van der Waals surface area contributed by atoms with Crippen LogP contribution in [0.15, 0.2) is 54.7 Å². The molecule has 0 aliphatic carbocycles. The molecule has 3 heteroatoms. The largest absolute Gasteiger partial charge is 0.377 e. The molecule has 1 N–H and O–H groups in total. The molecule has 3 aromatic rings. The first-order valence-corrected chi connectivity index (χ1v) is 7.39.